The number of Topliss-reactive ketones (excluding diaryl/α,β-unsaturated/α-hetero) is 1. The molecule has 4 rings (SSSR count). The van der Waals surface area contributed by atoms with Crippen molar-refractivity contribution in [3.63, 3.8) is 0 Å². The number of aryl methyl sites for hydroxylation is 2. The van der Waals surface area contributed by atoms with Gasteiger partial charge < -0.3 is 14.7 Å². The molecule has 8 nitrogen and oxygen atoms in total. The molecular weight excluding hydrogens is 415 g/mol. The first-order valence-electron chi connectivity index (χ1n) is 10.7. The average molecular weight is 442 g/mol. The maximum atomic E-state index is 14.8. The number of ketones is 1. The highest BCUT2D eigenvalue weighted by molar-refractivity contribution is 6.46. The van der Waals surface area contributed by atoms with Crippen molar-refractivity contribution in [3.8, 4) is 0 Å². The number of halogens is 1. The van der Waals surface area contributed by atoms with Crippen LogP contribution in [0.5, 0.6) is 0 Å². The van der Waals surface area contributed by atoms with E-state index in [4.69, 9.17) is 4.74 Å². The molecule has 2 aromatic rings. The van der Waals surface area contributed by atoms with E-state index in [-0.39, 0.29) is 23.4 Å². The summed E-state index contributed by atoms with van der Waals surface area (Å²) in [4.78, 5) is 29.6. The maximum Gasteiger partial charge on any atom is 0.295 e. The molecule has 2 aliphatic heterocycles. The monoisotopic (exact) mass is 442 g/mol. The SMILES string of the molecule is Cc1n[nH]c(C)c1C(O)=C1C(=O)C(=O)N(CCCN2CCOCC2)[C@H]1c1ccccc1F. The second kappa shape index (κ2) is 9.22. The minimum atomic E-state index is -1.01. The number of ether oxygens (including phenoxy) is 1. The number of benzene rings is 1. The van der Waals surface area contributed by atoms with Gasteiger partial charge in [-0.15, -0.1) is 0 Å². The minimum Gasteiger partial charge on any atom is -0.507 e. The van der Waals surface area contributed by atoms with Gasteiger partial charge in [0.25, 0.3) is 11.7 Å². The van der Waals surface area contributed by atoms with Gasteiger partial charge in [-0.05, 0) is 26.3 Å². The number of aromatic amines is 1. The molecule has 0 unspecified atom stereocenters. The lowest BCUT2D eigenvalue weighted by atomic mass is 9.94. The molecule has 0 aliphatic carbocycles. The summed E-state index contributed by atoms with van der Waals surface area (Å²) in [7, 11) is 0. The Kier molecular flexibility index (Phi) is 6.38. The summed E-state index contributed by atoms with van der Waals surface area (Å²) in [6.07, 6.45) is 0.613. The van der Waals surface area contributed by atoms with Gasteiger partial charge in [-0.1, -0.05) is 18.2 Å². The van der Waals surface area contributed by atoms with E-state index in [1.54, 1.807) is 32.0 Å². The number of carbonyl (C=O) groups excluding carboxylic acids is 2. The van der Waals surface area contributed by atoms with E-state index in [1.165, 1.54) is 11.0 Å². The van der Waals surface area contributed by atoms with Gasteiger partial charge in [0.1, 0.15) is 11.6 Å². The van der Waals surface area contributed by atoms with Gasteiger partial charge in [0.05, 0.1) is 36.1 Å². The smallest absolute Gasteiger partial charge is 0.295 e. The molecule has 1 amide bonds. The number of morpholine rings is 1. The number of hydrogen-bond acceptors (Lipinski definition) is 6. The Hall–Kier alpha value is -3.04. The standard InChI is InChI=1S/C23H27FN4O4/c1-14-18(15(2)26-25-14)21(29)19-20(16-6-3-4-7-17(16)24)28(23(31)22(19)30)9-5-8-27-10-12-32-13-11-27/h3-4,6-7,20,29H,5,8-13H2,1-2H3,(H,25,26)/t20-/m0/s1. The van der Waals surface area contributed by atoms with Crippen LogP contribution in [0, 0.1) is 19.7 Å². The summed E-state index contributed by atoms with van der Waals surface area (Å²) in [5, 5.41) is 17.9. The summed E-state index contributed by atoms with van der Waals surface area (Å²) < 4.78 is 20.2. The molecule has 2 fully saturated rings. The Balaban J connectivity index is 1.71. The predicted octanol–water partition coefficient (Wildman–Crippen LogP) is 2.31. The van der Waals surface area contributed by atoms with Gasteiger partial charge in [-0.2, -0.15) is 5.10 Å². The Morgan fingerprint density at radius 2 is 1.94 bits per heavy atom. The largest absolute Gasteiger partial charge is 0.507 e. The number of amides is 1. The topological polar surface area (TPSA) is 98.8 Å². The van der Waals surface area contributed by atoms with Crippen molar-refractivity contribution >= 4 is 17.4 Å². The highest BCUT2D eigenvalue weighted by Gasteiger charge is 2.47. The first kappa shape index (κ1) is 22.2. The van der Waals surface area contributed by atoms with E-state index in [0.717, 1.165) is 19.6 Å². The van der Waals surface area contributed by atoms with E-state index >= 15 is 0 Å². The van der Waals surface area contributed by atoms with E-state index in [9.17, 15) is 19.1 Å². The fourth-order valence-corrected chi connectivity index (χ4v) is 4.45. The van der Waals surface area contributed by atoms with Crippen LogP contribution in [-0.4, -0.2) is 76.2 Å². The summed E-state index contributed by atoms with van der Waals surface area (Å²) in [5.74, 6) is -2.43. The number of nitrogens with one attached hydrogen (secondary N) is 1. The number of hydrogen-bond donors (Lipinski definition) is 2. The summed E-state index contributed by atoms with van der Waals surface area (Å²) >= 11 is 0. The fourth-order valence-electron chi connectivity index (χ4n) is 4.45. The van der Waals surface area contributed by atoms with Crippen molar-refractivity contribution in [2.75, 3.05) is 39.4 Å². The number of H-pyrrole nitrogens is 1. The van der Waals surface area contributed by atoms with E-state index in [0.29, 0.717) is 36.6 Å². The molecule has 9 heteroatoms. The zero-order valence-corrected chi connectivity index (χ0v) is 18.2. The van der Waals surface area contributed by atoms with E-state index < -0.39 is 23.5 Å². The number of aromatic nitrogens is 2. The first-order valence-corrected chi connectivity index (χ1v) is 10.7. The van der Waals surface area contributed by atoms with Gasteiger partial charge in [0, 0.05) is 37.4 Å². The van der Waals surface area contributed by atoms with Crippen LogP contribution >= 0.6 is 0 Å². The lowest BCUT2D eigenvalue weighted by Gasteiger charge is -2.29. The Morgan fingerprint density at radius 1 is 1.22 bits per heavy atom. The number of rotatable bonds is 6. The van der Waals surface area contributed by atoms with Gasteiger partial charge >= 0.3 is 0 Å². The third kappa shape index (κ3) is 4.05. The van der Waals surface area contributed by atoms with Crippen LogP contribution in [0.15, 0.2) is 29.8 Å². The number of aliphatic hydroxyl groups is 1. The molecule has 1 aromatic carbocycles. The minimum absolute atomic E-state index is 0.112. The van der Waals surface area contributed by atoms with Crippen LogP contribution in [0.25, 0.3) is 5.76 Å². The summed E-state index contributed by atoms with van der Waals surface area (Å²) in [6, 6.07) is 5.03. The number of carbonyl (C=O) groups is 2. The molecule has 1 aromatic heterocycles. The Labute approximate surface area is 185 Å². The Bertz CT molecular complexity index is 1040. The van der Waals surface area contributed by atoms with Crippen molar-refractivity contribution < 1.29 is 23.8 Å². The lowest BCUT2D eigenvalue weighted by Crippen LogP contribution is -2.39. The molecule has 1 atom stereocenters. The van der Waals surface area contributed by atoms with E-state index in [2.05, 4.69) is 15.1 Å². The van der Waals surface area contributed by atoms with Gasteiger partial charge in [-0.3, -0.25) is 19.6 Å². The number of likely N-dealkylation sites (tertiary alicyclic amines) is 1. The second-order valence-electron chi connectivity index (χ2n) is 8.13. The van der Waals surface area contributed by atoms with Crippen molar-refractivity contribution in [3.05, 3.63) is 58.2 Å². The maximum absolute atomic E-state index is 14.8. The summed E-state index contributed by atoms with van der Waals surface area (Å²) in [6.45, 7) is 7.37. The number of nitrogens with zero attached hydrogens (tertiary/aromatic N) is 3. The second-order valence-corrected chi connectivity index (χ2v) is 8.13. The molecule has 32 heavy (non-hydrogen) atoms. The molecular formula is C23H27FN4O4. The molecule has 0 spiro atoms. The molecule has 2 N–H and O–H groups in total. The highest BCUT2D eigenvalue weighted by atomic mass is 19.1. The molecule has 0 bridgehead atoms. The van der Waals surface area contributed by atoms with Crippen molar-refractivity contribution in [1.82, 2.24) is 20.0 Å². The van der Waals surface area contributed by atoms with Crippen LogP contribution < -0.4 is 0 Å². The average Bonchev–Trinajstić information content (AvgIpc) is 3.25. The third-order valence-electron chi connectivity index (χ3n) is 6.08. The normalized spacial score (nSPS) is 21.5. The zero-order valence-electron chi connectivity index (χ0n) is 18.2. The molecule has 0 saturated carbocycles. The Morgan fingerprint density at radius 3 is 2.59 bits per heavy atom. The third-order valence-corrected chi connectivity index (χ3v) is 6.08. The van der Waals surface area contributed by atoms with Crippen LogP contribution in [0.4, 0.5) is 4.39 Å². The molecule has 170 valence electrons. The van der Waals surface area contributed by atoms with Crippen molar-refractivity contribution in [1.29, 1.82) is 0 Å². The lowest BCUT2D eigenvalue weighted by molar-refractivity contribution is -0.140. The number of aliphatic hydroxyl groups excluding tert-OH is 1. The molecule has 0 radical (unpaired) electrons. The van der Waals surface area contributed by atoms with Crippen LogP contribution in [0.2, 0.25) is 0 Å². The van der Waals surface area contributed by atoms with Crippen molar-refractivity contribution in [2.24, 2.45) is 0 Å². The fraction of sp³-hybridized carbons (Fsp3) is 0.435. The quantitative estimate of drug-likeness (QED) is 0.405. The van der Waals surface area contributed by atoms with Crippen molar-refractivity contribution in [2.45, 2.75) is 26.3 Å². The first-order chi connectivity index (χ1) is 15.4. The summed E-state index contributed by atoms with van der Waals surface area (Å²) in [5.41, 5.74) is 1.48. The van der Waals surface area contributed by atoms with Crippen LogP contribution in [0.1, 0.15) is 35.0 Å². The van der Waals surface area contributed by atoms with Crippen LogP contribution in [-0.2, 0) is 14.3 Å². The van der Waals surface area contributed by atoms with Gasteiger partial charge in [0.15, 0.2) is 0 Å². The highest BCUT2D eigenvalue weighted by Crippen LogP contribution is 2.41. The molecule has 2 aliphatic rings. The van der Waals surface area contributed by atoms with Crippen LogP contribution in [0.3, 0.4) is 0 Å². The zero-order chi connectivity index (χ0) is 22.8. The predicted molar refractivity (Wildman–Crippen MR) is 115 cm³/mol. The van der Waals surface area contributed by atoms with Gasteiger partial charge in [-0.25, -0.2) is 4.39 Å². The molecule has 2 saturated heterocycles. The van der Waals surface area contributed by atoms with E-state index in [1.807, 2.05) is 0 Å². The van der Waals surface area contributed by atoms with Gasteiger partial charge in [0.2, 0.25) is 0 Å². The molecule has 3 heterocycles.